The SMILES string of the molecule is O=C(Nc1cc(C(F)(F)F)ccc1C(F)(F)F)c1c[nH]c2ccccc2c1=O. The molecular formula is C18H10F6N2O2. The Morgan fingerprint density at radius 2 is 1.61 bits per heavy atom. The van der Waals surface area contributed by atoms with Crippen LogP contribution in [0.25, 0.3) is 10.9 Å². The highest BCUT2D eigenvalue weighted by molar-refractivity contribution is 6.06. The van der Waals surface area contributed by atoms with Gasteiger partial charge in [-0.25, -0.2) is 0 Å². The number of fused-ring (bicyclic) bond motifs is 1. The summed E-state index contributed by atoms with van der Waals surface area (Å²) < 4.78 is 77.9. The standard InChI is InChI=1S/C18H10F6N2O2/c19-17(20,21)9-5-6-12(18(22,23)24)14(7-9)26-16(28)11-8-25-13-4-2-1-3-10(13)15(11)27/h1-8H,(H,25,27)(H,26,28). The Hall–Kier alpha value is -3.30. The molecule has 0 saturated carbocycles. The fourth-order valence-electron chi connectivity index (χ4n) is 2.60. The van der Waals surface area contributed by atoms with Gasteiger partial charge in [0, 0.05) is 17.1 Å². The predicted octanol–water partition coefficient (Wildman–Crippen LogP) is 4.82. The van der Waals surface area contributed by atoms with Crippen LogP contribution in [0.5, 0.6) is 0 Å². The second-order valence-electron chi connectivity index (χ2n) is 5.79. The number of carbonyl (C=O) groups excluding carboxylic acids is 1. The Kier molecular flexibility index (Phi) is 4.66. The van der Waals surface area contributed by atoms with Crippen LogP contribution in [0.1, 0.15) is 21.5 Å². The number of hydrogen-bond donors (Lipinski definition) is 2. The zero-order chi connectivity index (χ0) is 20.7. The van der Waals surface area contributed by atoms with Gasteiger partial charge in [0.2, 0.25) is 5.43 Å². The van der Waals surface area contributed by atoms with Crippen molar-refractivity contribution in [1.82, 2.24) is 4.98 Å². The number of anilines is 1. The zero-order valence-corrected chi connectivity index (χ0v) is 13.7. The summed E-state index contributed by atoms with van der Waals surface area (Å²) in [6.45, 7) is 0. The van der Waals surface area contributed by atoms with Crippen molar-refractivity contribution in [3.05, 3.63) is 75.6 Å². The first-order chi connectivity index (χ1) is 13.0. The number of H-pyrrole nitrogens is 1. The van der Waals surface area contributed by atoms with Crippen molar-refractivity contribution in [2.75, 3.05) is 5.32 Å². The molecule has 1 heterocycles. The number of para-hydroxylation sites is 1. The molecule has 3 aromatic rings. The number of halogens is 6. The molecule has 28 heavy (non-hydrogen) atoms. The third kappa shape index (κ3) is 3.71. The molecule has 0 radical (unpaired) electrons. The Morgan fingerprint density at radius 1 is 0.929 bits per heavy atom. The summed E-state index contributed by atoms with van der Waals surface area (Å²) in [5.74, 6) is -1.27. The third-order valence-electron chi connectivity index (χ3n) is 3.93. The number of aromatic amines is 1. The normalized spacial score (nSPS) is 12.2. The number of rotatable bonds is 2. The summed E-state index contributed by atoms with van der Waals surface area (Å²) in [5.41, 5.74) is -4.86. The lowest BCUT2D eigenvalue weighted by molar-refractivity contribution is -0.140. The van der Waals surface area contributed by atoms with E-state index in [9.17, 15) is 35.9 Å². The van der Waals surface area contributed by atoms with E-state index in [-0.39, 0.29) is 23.6 Å². The van der Waals surface area contributed by atoms with Crippen molar-refractivity contribution in [3.63, 3.8) is 0 Å². The molecule has 0 fully saturated rings. The average Bonchev–Trinajstić information content (AvgIpc) is 2.60. The van der Waals surface area contributed by atoms with Crippen LogP contribution in [0.15, 0.2) is 53.5 Å². The molecule has 0 aliphatic heterocycles. The van der Waals surface area contributed by atoms with Crippen LogP contribution in [0.2, 0.25) is 0 Å². The zero-order valence-electron chi connectivity index (χ0n) is 13.7. The van der Waals surface area contributed by atoms with Crippen molar-refractivity contribution in [1.29, 1.82) is 0 Å². The second-order valence-corrected chi connectivity index (χ2v) is 5.79. The summed E-state index contributed by atoms with van der Waals surface area (Å²) in [6, 6.07) is 6.76. The van der Waals surface area contributed by atoms with Crippen molar-refractivity contribution in [2.45, 2.75) is 12.4 Å². The number of aromatic nitrogens is 1. The second kappa shape index (κ2) is 6.70. The first-order valence-electron chi connectivity index (χ1n) is 7.68. The van der Waals surface area contributed by atoms with E-state index in [4.69, 9.17) is 0 Å². The molecule has 10 heteroatoms. The van der Waals surface area contributed by atoms with Crippen LogP contribution < -0.4 is 10.7 Å². The van der Waals surface area contributed by atoms with Gasteiger partial charge in [-0.3, -0.25) is 9.59 Å². The molecule has 0 aliphatic carbocycles. The van der Waals surface area contributed by atoms with E-state index in [0.717, 1.165) is 6.20 Å². The summed E-state index contributed by atoms with van der Waals surface area (Å²) in [7, 11) is 0. The third-order valence-corrected chi connectivity index (χ3v) is 3.93. The maximum atomic E-state index is 13.1. The van der Waals surface area contributed by atoms with Gasteiger partial charge in [0.1, 0.15) is 5.56 Å². The Bertz CT molecular complexity index is 1120. The number of nitrogens with one attached hydrogen (secondary N) is 2. The first-order valence-corrected chi connectivity index (χ1v) is 7.68. The number of carbonyl (C=O) groups is 1. The summed E-state index contributed by atoms with van der Waals surface area (Å²) in [6.07, 6.45) is -8.94. The predicted molar refractivity (Wildman–Crippen MR) is 89.0 cm³/mol. The van der Waals surface area contributed by atoms with Crippen LogP contribution in [0, 0.1) is 0 Å². The van der Waals surface area contributed by atoms with E-state index in [2.05, 4.69) is 4.98 Å². The smallest absolute Gasteiger partial charge is 0.360 e. The van der Waals surface area contributed by atoms with Gasteiger partial charge in [0.25, 0.3) is 5.91 Å². The highest BCUT2D eigenvalue weighted by Crippen LogP contribution is 2.39. The molecule has 3 rings (SSSR count). The quantitative estimate of drug-likeness (QED) is 0.606. The van der Waals surface area contributed by atoms with Gasteiger partial charge >= 0.3 is 12.4 Å². The molecule has 2 aromatic carbocycles. The van der Waals surface area contributed by atoms with Gasteiger partial charge in [0.15, 0.2) is 0 Å². The topological polar surface area (TPSA) is 62.0 Å². The summed E-state index contributed by atoms with van der Waals surface area (Å²) >= 11 is 0. The molecule has 0 saturated heterocycles. The monoisotopic (exact) mass is 400 g/mol. The molecule has 0 atom stereocenters. The molecule has 4 nitrogen and oxygen atoms in total. The van der Waals surface area contributed by atoms with Gasteiger partial charge in [0.05, 0.1) is 16.8 Å². The molecule has 0 bridgehead atoms. The molecule has 0 spiro atoms. The minimum absolute atomic E-state index is 0.107. The van der Waals surface area contributed by atoms with E-state index in [1.54, 1.807) is 17.4 Å². The van der Waals surface area contributed by atoms with Crippen LogP contribution in [0.4, 0.5) is 32.0 Å². The number of pyridine rings is 1. The average molecular weight is 400 g/mol. The molecular weight excluding hydrogens is 390 g/mol. The number of hydrogen-bond acceptors (Lipinski definition) is 2. The number of alkyl halides is 6. The van der Waals surface area contributed by atoms with E-state index in [0.29, 0.717) is 5.52 Å². The Morgan fingerprint density at radius 3 is 2.25 bits per heavy atom. The lowest BCUT2D eigenvalue weighted by atomic mass is 10.1. The summed E-state index contributed by atoms with van der Waals surface area (Å²) in [5, 5.41) is 1.88. The van der Waals surface area contributed by atoms with Crippen LogP contribution in [-0.2, 0) is 12.4 Å². The first kappa shape index (κ1) is 19.5. The lowest BCUT2D eigenvalue weighted by Gasteiger charge is -2.16. The highest BCUT2D eigenvalue weighted by Gasteiger charge is 2.37. The van der Waals surface area contributed by atoms with Crippen molar-refractivity contribution >= 4 is 22.5 Å². The summed E-state index contributed by atoms with van der Waals surface area (Å²) in [4.78, 5) is 27.4. The maximum absolute atomic E-state index is 13.1. The highest BCUT2D eigenvalue weighted by atomic mass is 19.4. The lowest BCUT2D eigenvalue weighted by Crippen LogP contribution is -2.24. The van der Waals surface area contributed by atoms with Crippen LogP contribution in [0.3, 0.4) is 0 Å². The van der Waals surface area contributed by atoms with Crippen molar-refractivity contribution in [2.24, 2.45) is 0 Å². The number of amides is 1. The van der Waals surface area contributed by atoms with E-state index in [1.807, 2.05) is 0 Å². The fraction of sp³-hybridized carbons (Fsp3) is 0.111. The maximum Gasteiger partial charge on any atom is 0.418 e. The van der Waals surface area contributed by atoms with E-state index >= 15 is 0 Å². The minimum atomic E-state index is -5.01. The van der Waals surface area contributed by atoms with E-state index < -0.39 is 46.1 Å². The van der Waals surface area contributed by atoms with Gasteiger partial charge < -0.3 is 10.3 Å². The fourth-order valence-corrected chi connectivity index (χ4v) is 2.60. The molecule has 1 amide bonds. The molecule has 146 valence electrons. The molecule has 2 N–H and O–H groups in total. The minimum Gasteiger partial charge on any atom is -0.360 e. The number of benzene rings is 2. The molecule has 1 aromatic heterocycles. The van der Waals surface area contributed by atoms with Crippen molar-refractivity contribution < 1.29 is 31.1 Å². The van der Waals surface area contributed by atoms with Crippen LogP contribution in [-0.4, -0.2) is 10.9 Å². The Labute approximate surface area is 152 Å². The van der Waals surface area contributed by atoms with Crippen molar-refractivity contribution in [3.8, 4) is 0 Å². The van der Waals surface area contributed by atoms with Gasteiger partial charge in [-0.05, 0) is 30.3 Å². The largest absolute Gasteiger partial charge is 0.418 e. The molecule has 0 unspecified atom stereocenters. The molecule has 0 aliphatic rings. The van der Waals surface area contributed by atoms with Gasteiger partial charge in [-0.2, -0.15) is 26.3 Å². The van der Waals surface area contributed by atoms with Gasteiger partial charge in [-0.15, -0.1) is 0 Å². The van der Waals surface area contributed by atoms with Crippen LogP contribution >= 0.6 is 0 Å². The van der Waals surface area contributed by atoms with Gasteiger partial charge in [-0.1, -0.05) is 12.1 Å². The Balaban J connectivity index is 2.06. The van der Waals surface area contributed by atoms with E-state index in [1.165, 1.54) is 12.1 Å².